The minimum atomic E-state index is -0.415. The molecule has 0 unspecified atom stereocenters. The van der Waals surface area contributed by atoms with Crippen molar-refractivity contribution in [3.8, 4) is 0 Å². The van der Waals surface area contributed by atoms with Crippen molar-refractivity contribution in [1.29, 1.82) is 0 Å². The van der Waals surface area contributed by atoms with E-state index < -0.39 is 7.12 Å². The molecule has 3 rings (SSSR count). The molecule has 1 saturated heterocycles. The lowest BCUT2D eigenvalue weighted by molar-refractivity contribution is 0.00578. The van der Waals surface area contributed by atoms with Crippen LogP contribution in [0.25, 0.3) is 0 Å². The Morgan fingerprint density at radius 1 is 1.04 bits per heavy atom. The monoisotopic (exact) mass is 325 g/mol. The van der Waals surface area contributed by atoms with E-state index in [2.05, 4.69) is 15.3 Å². The summed E-state index contributed by atoms with van der Waals surface area (Å²) < 4.78 is 12.0. The summed E-state index contributed by atoms with van der Waals surface area (Å²) in [5.41, 5.74) is 1.15. The Bertz CT molecular complexity index is 717. The molecule has 0 aliphatic carbocycles. The van der Waals surface area contributed by atoms with Crippen LogP contribution in [0.1, 0.15) is 38.2 Å². The van der Waals surface area contributed by atoms with E-state index in [0.29, 0.717) is 11.4 Å². The molecule has 0 atom stereocenters. The summed E-state index contributed by atoms with van der Waals surface area (Å²) in [7, 11) is -0.415. The summed E-state index contributed by atoms with van der Waals surface area (Å²) in [6.07, 6.45) is 2.87. The molecular weight excluding hydrogens is 305 g/mol. The third kappa shape index (κ3) is 3.18. The summed E-state index contributed by atoms with van der Waals surface area (Å²) >= 11 is 0. The number of benzene rings is 1. The second kappa shape index (κ2) is 6.00. The van der Waals surface area contributed by atoms with Gasteiger partial charge in [0, 0.05) is 11.9 Å². The number of nitrogens with zero attached hydrogens (tertiary/aromatic N) is 2. The highest BCUT2D eigenvalue weighted by atomic mass is 16.7. The van der Waals surface area contributed by atoms with E-state index in [1.807, 2.05) is 52.0 Å². The van der Waals surface area contributed by atoms with E-state index in [1.54, 1.807) is 6.07 Å². The fraction of sp³-hybridized carbons (Fsp3) is 0.353. The zero-order chi connectivity index (χ0) is 17.4. The standard InChI is InChI=1S/C17H20BN3O3/c1-16(2)17(3,4)24-18(23-16)12-5-7-13(8-6-12)21-15(22)14-9-10-19-11-20-14/h5-11H,1-4H3,(H,21,22). The van der Waals surface area contributed by atoms with Crippen LogP contribution in [0.5, 0.6) is 0 Å². The molecule has 1 fully saturated rings. The molecule has 1 amide bonds. The fourth-order valence-corrected chi connectivity index (χ4v) is 2.32. The van der Waals surface area contributed by atoms with Gasteiger partial charge in [0.1, 0.15) is 12.0 Å². The van der Waals surface area contributed by atoms with Gasteiger partial charge in [0.2, 0.25) is 0 Å². The molecule has 2 heterocycles. The van der Waals surface area contributed by atoms with Gasteiger partial charge in [-0.2, -0.15) is 0 Å². The molecular formula is C17H20BN3O3. The quantitative estimate of drug-likeness (QED) is 0.874. The average molecular weight is 325 g/mol. The zero-order valence-corrected chi connectivity index (χ0v) is 14.2. The van der Waals surface area contributed by atoms with Gasteiger partial charge < -0.3 is 14.6 Å². The Kier molecular flexibility index (Phi) is 4.15. The number of hydrogen-bond donors (Lipinski definition) is 1. The van der Waals surface area contributed by atoms with Crippen molar-refractivity contribution < 1.29 is 14.1 Å². The van der Waals surface area contributed by atoms with Crippen LogP contribution >= 0.6 is 0 Å². The third-order valence-corrected chi connectivity index (χ3v) is 4.51. The van der Waals surface area contributed by atoms with Crippen molar-refractivity contribution in [3.63, 3.8) is 0 Å². The number of aromatic nitrogens is 2. The van der Waals surface area contributed by atoms with Crippen molar-refractivity contribution in [2.75, 3.05) is 5.32 Å². The van der Waals surface area contributed by atoms with Gasteiger partial charge in [0.15, 0.2) is 0 Å². The highest BCUT2D eigenvalue weighted by molar-refractivity contribution is 6.62. The Balaban J connectivity index is 1.70. The Labute approximate surface area is 141 Å². The summed E-state index contributed by atoms with van der Waals surface area (Å²) in [6, 6.07) is 8.97. The van der Waals surface area contributed by atoms with Crippen molar-refractivity contribution in [3.05, 3.63) is 48.5 Å². The molecule has 1 N–H and O–H groups in total. The van der Waals surface area contributed by atoms with E-state index in [0.717, 1.165) is 5.46 Å². The van der Waals surface area contributed by atoms with Crippen LogP contribution in [-0.4, -0.2) is 34.2 Å². The minimum absolute atomic E-state index is 0.277. The van der Waals surface area contributed by atoms with Gasteiger partial charge in [-0.3, -0.25) is 4.79 Å². The molecule has 2 aromatic rings. The summed E-state index contributed by atoms with van der Waals surface area (Å²) in [5.74, 6) is -0.277. The number of nitrogens with one attached hydrogen (secondary N) is 1. The smallest absolute Gasteiger partial charge is 0.399 e. The first-order chi connectivity index (χ1) is 11.3. The lowest BCUT2D eigenvalue weighted by atomic mass is 9.79. The number of carbonyl (C=O) groups excluding carboxylic acids is 1. The van der Waals surface area contributed by atoms with Crippen LogP contribution in [-0.2, 0) is 9.31 Å². The van der Waals surface area contributed by atoms with E-state index in [1.165, 1.54) is 12.5 Å². The summed E-state index contributed by atoms with van der Waals surface area (Å²) in [6.45, 7) is 8.07. The summed E-state index contributed by atoms with van der Waals surface area (Å²) in [4.78, 5) is 19.8. The Hall–Kier alpha value is -2.25. The fourth-order valence-electron chi connectivity index (χ4n) is 2.32. The van der Waals surface area contributed by atoms with Crippen molar-refractivity contribution >= 4 is 24.2 Å². The lowest BCUT2D eigenvalue weighted by Gasteiger charge is -2.32. The SMILES string of the molecule is CC1(C)OB(c2ccc(NC(=O)c3ccncn3)cc2)OC1(C)C. The van der Waals surface area contributed by atoms with Gasteiger partial charge in [-0.25, -0.2) is 9.97 Å². The van der Waals surface area contributed by atoms with Crippen LogP contribution in [0.15, 0.2) is 42.9 Å². The first kappa shape index (κ1) is 16.6. The largest absolute Gasteiger partial charge is 0.494 e. The van der Waals surface area contributed by atoms with Crippen LogP contribution in [0.2, 0.25) is 0 Å². The second-order valence-corrected chi connectivity index (χ2v) is 6.76. The number of amides is 1. The maximum absolute atomic E-state index is 12.1. The molecule has 124 valence electrons. The third-order valence-electron chi connectivity index (χ3n) is 4.51. The first-order valence-electron chi connectivity index (χ1n) is 7.81. The predicted octanol–water partition coefficient (Wildman–Crippen LogP) is 2.03. The molecule has 24 heavy (non-hydrogen) atoms. The molecule has 7 heteroatoms. The van der Waals surface area contributed by atoms with Gasteiger partial charge in [0.25, 0.3) is 5.91 Å². The normalized spacial score (nSPS) is 18.4. The lowest BCUT2D eigenvalue weighted by Crippen LogP contribution is -2.41. The highest BCUT2D eigenvalue weighted by Gasteiger charge is 2.51. The van der Waals surface area contributed by atoms with E-state index >= 15 is 0 Å². The van der Waals surface area contributed by atoms with Crippen molar-refractivity contribution in [1.82, 2.24) is 9.97 Å². The highest BCUT2D eigenvalue weighted by Crippen LogP contribution is 2.36. The maximum Gasteiger partial charge on any atom is 0.494 e. The Morgan fingerprint density at radius 3 is 2.21 bits per heavy atom. The van der Waals surface area contributed by atoms with Gasteiger partial charge in [0.05, 0.1) is 11.2 Å². The number of hydrogen-bond acceptors (Lipinski definition) is 5. The van der Waals surface area contributed by atoms with Crippen LogP contribution in [0.3, 0.4) is 0 Å². The van der Waals surface area contributed by atoms with E-state index in [9.17, 15) is 4.79 Å². The van der Waals surface area contributed by atoms with Gasteiger partial charge in [-0.15, -0.1) is 0 Å². The zero-order valence-electron chi connectivity index (χ0n) is 14.2. The van der Waals surface area contributed by atoms with E-state index in [-0.39, 0.29) is 17.1 Å². The van der Waals surface area contributed by atoms with Crippen LogP contribution in [0.4, 0.5) is 5.69 Å². The van der Waals surface area contributed by atoms with Gasteiger partial charge >= 0.3 is 7.12 Å². The van der Waals surface area contributed by atoms with Crippen LogP contribution in [0, 0.1) is 0 Å². The number of anilines is 1. The maximum atomic E-state index is 12.1. The molecule has 1 aromatic heterocycles. The molecule has 1 aromatic carbocycles. The minimum Gasteiger partial charge on any atom is -0.399 e. The topological polar surface area (TPSA) is 73.3 Å². The number of rotatable bonds is 3. The first-order valence-corrected chi connectivity index (χ1v) is 7.81. The predicted molar refractivity (Wildman–Crippen MR) is 92.1 cm³/mol. The Morgan fingerprint density at radius 2 is 1.67 bits per heavy atom. The van der Waals surface area contributed by atoms with Gasteiger partial charge in [-0.1, -0.05) is 12.1 Å². The van der Waals surface area contributed by atoms with Crippen molar-refractivity contribution in [2.24, 2.45) is 0 Å². The van der Waals surface area contributed by atoms with E-state index in [4.69, 9.17) is 9.31 Å². The molecule has 0 bridgehead atoms. The van der Waals surface area contributed by atoms with Crippen molar-refractivity contribution in [2.45, 2.75) is 38.9 Å². The molecule has 0 saturated carbocycles. The molecule has 1 aliphatic heterocycles. The van der Waals surface area contributed by atoms with Gasteiger partial charge in [-0.05, 0) is 51.4 Å². The average Bonchev–Trinajstić information content (AvgIpc) is 2.77. The second-order valence-electron chi connectivity index (χ2n) is 6.76. The molecule has 0 radical (unpaired) electrons. The summed E-state index contributed by atoms with van der Waals surface area (Å²) in [5, 5.41) is 2.80. The van der Waals surface area contributed by atoms with Crippen LogP contribution < -0.4 is 10.8 Å². The number of carbonyl (C=O) groups is 1. The molecule has 1 aliphatic rings. The molecule has 0 spiro atoms. The molecule has 6 nitrogen and oxygen atoms in total.